The van der Waals surface area contributed by atoms with Crippen LogP contribution in [0, 0.1) is 6.92 Å². The molecule has 0 saturated heterocycles. The predicted octanol–water partition coefficient (Wildman–Crippen LogP) is 5.78. The second-order valence-electron chi connectivity index (χ2n) is 4.49. The monoisotopic (exact) mass is 300 g/mol. The minimum absolute atomic E-state index is 0.628. The van der Waals surface area contributed by atoms with Crippen LogP contribution in [0.15, 0.2) is 65.5 Å². The van der Waals surface area contributed by atoms with Gasteiger partial charge in [-0.15, -0.1) is 0 Å². The van der Waals surface area contributed by atoms with Gasteiger partial charge in [-0.3, -0.25) is 9.98 Å². The second-order valence-corrected chi connectivity index (χ2v) is 4.92. The van der Waals surface area contributed by atoms with Crippen molar-refractivity contribution in [1.82, 2.24) is 4.98 Å². The molecule has 110 valence electrons. The highest BCUT2D eigenvalue weighted by Gasteiger charge is 1.89. The van der Waals surface area contributed by atoms with E-state index in [2.05, 4.69) is 29.1 Å². The SMILES string of the molecule is C/C=C(C=Nc1cccncc(C)cc(Cl)c1)\C=C/CC. The van der Waals surface area contributed by atoms with E-state index in [4.69, 9.17) is 11.6 Å². The lowest BCUT2D eigenvalue weighted by Gasteiger charge is -1.94. The van der Waals surface area contributed by atoms with Crippen LogP contribution in [-0.4, -0.2) is 11.2 Å². The molecule has 0 radical (unpaired) electrons. The molecule has 0 unspecified atom stereocenters. The fraction of sp³-hybridized carbons (Fsp3) is 0.222. The topological polar surface area (TPSA) is 25.2 Å². The fourth-order valence-electron chi connectivity index (χ4n) is 1.53. The van der Waals surface area contributed by atoms with Gasteiger partial charge in [-0.05, 0) is 55.7 Å². The number of aliphatic imine (C=N–C) groups is 1. The molecule has 0 N–H and O–H groups in total. The zero-order valence-electron chi connectivity index (χ0n) is 12.8. The third kappa shape index (κ3) is 7.42. The highest BCUT2D eigenvalue weighted by molar-refractivity contribution is 6.30. The number of aromatic nitrogens is 1. The average molecular weight is 301 g/mol. The number of hydrogen-bond donors (Lipinski definition) is 0. The summed E-state index contributed by atoms with van der Waals surface area (Å²) in [5, 5.41) is 0.628. The van der Waals surface area contributed by atoms with Gasteiger partial charge in [0.25, 0.3) is 0 Å². The molecule has 1 aromatic heterocycles. The number of halogens is 1. The van der Waals surface area contributed by atoms with Crippen molar-refractivity contribution in [3.8, 4) is 0 Å². The molecular formula is C18H21ClN2. The van der Waals surface area contributed by atoms with Gasteiger partial charge in [-0.1, -0.05) is 36.8 Å². The van der Waals surface area contributed by atoms with Gasteiger partial charge in [-0.2, -0.15) is 0 Å². The third-order valence-corrected chi connectivity index (χ3v) is 2.83. The van der Waals surface area contributed by atoms with E-state index in [-0.39, 0.29) is 0 Å². The maximum Gasteiger partial charge on any atom is 0.0645 e. The Morgan fingerprint density at radius 1 is 1.38 bits per heavy atom. The molecule has 2 nitrogen and oxygen atoms in total. The van der Waals surface area contributed by atoms with Crippen molar-refractivity contribution in [1.29, 1.82) is 0 Å². The molecule has 0 spiro atoms. The summed E-state index contributed by atoms with van der Waals surface area (Å²) in [6.45, 7) is 6.05. The summed E-state index contributed by atoms with van der Waals surface area (Å²) in [7, 11) is 0. The van der Waals surface area contributed by atoms with Gasteiger partial charge >= 0.3 is 0 Å². The summed E-state index contributed by atoms with van der Waals surface area (Å²) in [5.74, 6) is 0. The Morgan fingerprint density at radius 3 is 2.90 bits per heavy atom. The minimum atomic E-state index is 0.628. The Labute approximate surface area is 132 Å². The van der Waals surface area contributed by atoms with Crippen molar-refractivity contribution in [2.75, 3.05) is 0 Å². The first-order valence-electron chi connectivity index (χ1n) is 6.98. The van der Waals surface area contributed by atoms with Crippen LogP contribution < -0.4 is 0 Å². The summed E-state index contributed by atoms with van der Waals surface area (Å²) < 4.78 is 0. The van der Waals surface area contributed by atoms with Gasteiger partial charge in [-0.25, -0.2) is 0 Å². The van der Waals surface area contributed by atoms with E-state index in [0.29, 0.717) is 5.02 Å². The van der Waals surface area contributed by atoms with Crippen LogP contribution in [0.3, 0.4) is 0 Å². The number of hydrogen-bond acceptors (Lipinski definition) is 2. The summed E-state index contributed by atoms with van der Waals surface area (Å²) in [6, 6.07) is 7.42. The van der Waals surface area contributed by atoms with Crippen molar-refractivity contribution in [3.05, 3.63) is 71.0 Å². The van der Waals surface area contributed by atoms with Crippen LogP contribution in [0.2, 0.25) is 5.02 Å². The Bertz CT molecular complexity index is 600. The van der Waals surface area contributed by atoms with Gasteiger partial charge in [0.05, 0.1) is 5.69 Å². The molecular weight excluding hydrogens is 280 g/mol. The molecule has 0 atom stereocenters. The molecule has 1 heterocycles. The first-order chi connectivity index (χ1) is 10.2. The van der Waals surface area contributed by atoms with Crippen molar-refractivity contribution in [3.63, 3.8) is 0 Å². The standard InChI is InChI=1S/C18H21ClN2/c1-4-6-8-16(5-2)14-21-18-9-7-10-20-13-15(3)11-17(19)12-18/h5-14H,4H2,1-3H3/b8-6-,9-7?,10-7?,15-11?,15-13?,16-5+,17-11?,17-12?,18-9?,18-12?,20-10?,20-13?,21-14?. The Balaban J connectivity index is 3.15. The minimum Gasteiger partial charge on any atom is -0.264 e. The Kier molecular flexibility index (Phi) is 8.07. The van der Waals surface area contributed by atoms with Crippen molar-refractivity contribution < 1.29 is 0 Å². The van der Waals surface area contributed by atoms with E-state index in [1.807, 2.05) is 50.4 Å². The quantitative estimate of drug-likeness (QED) is 0.511. The zero-order valence-corrected chi connectivity index (χ0v) is 13.5. The van der Waals surface area contributed by atoms with Gasteiger partial charge < -0.3 is 0 Å². The number of allylic oxidation sites excluding steroid dienone is 4. The Hall–Kier alpha value is -1.93. The molecule has 3 heteroatoms. The molecule has 21 heavy (non-hydrogen) atoms. The number of rotatable bonds is 4. The van der Waals surface area contributed by atoms with Crippen LogP contribution in [0.5, 0.6) is 0 Å². The first kappa shape index (κ1) is 17.1. The highest BCUT2D eigenvalue weighted by Crippen LogP contribution is 2.15. The third-order valence-electron chi connectivity index (χ3n) is 2.61. The van der Waals surface area contributed by atoms with Crippen LogP contribution in [0.1, 0.15) is 25.8 Å². The largest absolute Gasteiger partial charge is 0.264 e. The molecule has 0 saturated carbocycles. The molecule has 0 aliphatic rings. The highest BCUT2D eigenvalue weighted by atomic mass is 35.5. The zero-order chi connectivity index (χ0) is 15.5. The molecule has 0 aliphatic carbocycles. The lowest BCUT2D eigenvalue weighted by molar-refractivity contribution is 1.22. The van der Waals surface area contributed by atoms with E-state index >= 15 is 0 Å². The van der Waals surface area contributed by atoms with E-state index in [0.717, 1.165) is 23.2 Å². The first-order valence-corrected chi connectivity index (χ1v) is 7.36. The summed E-state index contributed by atoms with van der Waals surface area (Å²) in [6.07, 6.45) is 12.5. The average Bonchev–Trinajstić information content (AvgIpc) is 2.46. The molecule has 1 rings (SSSR count). The molecule has 0 bridgehead atoms. The van der Waals surface area contributed by atoms with E-state index < -0.39 is 0 Å². The van der Waals surface area contributed by atoms with Crippen LogP contribution in [0.25, 0.3) is 0 Å². The van der Waals surface area contributed by atoms with Crippen LogP contribution in [-0.2, 0) is 0 Å². The van der Waals surface area contributed by atoms with Crippen molar-refractivity contribution in [2.45, 2.75) is 27.2 Å². The van der Waals surface area contributed by atoms with Gasteiger partial charge in [0.15, 0.2) is 0 Å². The molecule has 0 aromatic carbocycles. The van der Waals surface area contributed by atoms with E-state index in [1.165, 1.54) is 0 Å². The fourth-order valence-corrected chi connectivity index (χ4v) is 1.82. The predicted molar refractivity (Wildman–Crippen MR) is 93.0 cm³/mol. The van der Waals surface area contributed by atoms with Gasteiger partial charge in [0, 0.05) is 23.6 Å². The molecule has 0 fully saturated rings. The van der Waals surface area contributed by atoms with Crippen molar-refractivity contribution >= 4 is 23.5 Å². The number of nitrogens with zero attached hydrogens (tertiary/aromatic N) is 2. The van der Waals surface area contributed by atoms with E-state index in [1.54, 1.807) is 12.4 Å². The Morgan fingerprint density at radius 2 is 2.19 bits per heavy atom. The second kappa shape index (κ2) is 9.89. The normalized spacial score (nSPS) is 11.9. The van der Waals surface area contributed by atoms with Crippen LogP contribution >= 0.6 is 11.6 Å². The van der Waals surface area contributed by atoms with Gasteiger partial charge in [0.1, 0.15) is 0 Å². The van der Waals surface area contributed by atoms with Crippen molar-refractivity contribution in [2.24, 2.45) is 4.99 Å². The van der Waals surface area contributed by atoms with E-state index in [9.17, 15) is 0 Å². The smallest absolute Gasteiger partial charge is 0.0645 e. The lowest BCUT2D eigenvalue weighted by atomic mass is 10.2. The maximum atomic E-state index is 6.20. The molecule has 0 aliphatic heterocycles. The number of aryl methyl sites for hydroxylation is 1. The summed E-state index contributed by atoms with van der Waals surface area (Å²) in [5.41, 5.74) is 2.83. The molecule has 0 amide bonds. The summed E-state index contributed by atoms with van der Waals surface area (Å²) in [4.78, 5) is 8.64. The van der Waals surface area contributed by atoms with Gasteiger partial charge in [0.2, 0.25) is 0 Å². The maximum absolute atomic E-state index is 6.20. The van der Waals surface area contributed by atoms with Crippen LogP contribution in [0.4, 0.5) is 5.69 Å². The summed E-state index contributed by atoms with van der Waals surface area (Å²) >= 11 is 6.20. The molecule has 1 aromatic rings. The lowest BCUT2D eigenvalue weighted by Crippen LogP contribution is -1.78.